The van der Waals surface area contributed by atoms with Crippen LogP contribution in [0.15, 0.2) is 30.3 Å². The first-order chi connectivity index (χ1) is 10.3. The molecular formula is C18H28N2O. The van der Waals surface area contributed by atoms with E-state index in [-0.39, 0.29) is 0 Å². The number of hydrogen-bond acceptors (Lipinski definition) is 2. The van der Waals surface area contributed by atoms with Crippen molar-refractivity contribution in [3.8, 4) is 0 Å². The molecule has 1 unspecified atom stereocenters. The molecule has 3 nitrogen and oxygen atoms in total. The summed E-state index contributed by atoms with van der Waals surface area (Å²) in [7, 11) is 0. The predicted molar refractivity (Wildman–Crippen MR) is 87.3 cm³/mol. The minimum atomic E-state index is 0.306. The van der Waals surface area contributed by atoms with Crippen LogP contribution in [0.1, 0.15) is 44.6 Å². The van der Waals surface area contributed by atoms with Gasteiger partial charge in [0, 0.05) is 25.6 Å². The van der Waals surface area contributed by atoms with Crippen molar-refractivity contribution >= 4 is 5.91 Å². The van der Waals surface area contributed by atoms with E-state index < -0.39 is 0 Å². The molecule has 0 bridgehead atoms. The maximum atomic E-state index is 12.5. The summed E-state index contributed by atoms with van der Waals surface area (Å²) < 4.78 is 0. The molecule has 0 spiro atoms. The summed E-state index contributed by atoms with van der Waals surface area (Å²) in [5.41, 5.74) is 1.25. The van der Waals surface area contributed by atoms with E-state index in [1.165, 1.54) is 18.4 Å². The maximum Gasteiger partial charge on any atom is 0.222 e. The van der Waals surface area contributed by atoms with Crippen molar-refractivity contribution in [2.24, 2.45) is 0 Å². The molecule has 21 heavy (non-hydrogen) atoms. The summed E-state index contributed by atoms with van der Waals surface area (Å²) in [6.07, 6.45) is 6.16. The zero-order chi connectivity index (χ0) is 14.9. The highest BCUT2D eigenvalue weighted by atomic mass is 16.2. The lowest BCUT2D eigenvalue weighted by Crippen LogP contribution is -2.41. The van der Waals surface area contributed by atoms with Gasteiger partial charge in [0.25, 0.3) is 0 Å². The molecule has 0 saturated carbocycles. The molecule has 1 aliphatic heterocycles. The maximum absolute atomic E-state index is 12.5. The molecule has 1 aliphatic rings. The van der Waals surface area contributed by atoms with Crippen molar-refractivity contribution in [1.29, 1.82) is 0 Å². The first-order valence-electron chi connectivity index (χ1n) is 8.34. The number of nitrogens with zero attached hydrogens (tertiary/aromatic N) is 1. The second-order valence-electron chi connectivity index (χ2n) is 5.97. The lowest BCUT2D eigenvalue weighted by molar-refractivity contribution is -0.131. The van der Waals surface area contributed by atoms with Crippen molar-refractivity contribution in [1.82, 2.24) is 10.2 Å². The fourth-order valence-corrected chi connectivity index (χ4v) is 2.90. The highest BCUT2D eigenvalue weighted by Crippen LogP contribution is 2.11. The summed E-state index contributed by atoms with van der Waals surface area (Å²) in [6, 6.07) is 10.8. The number of aryl methyl sites for hydroxylation is 1. The number of unbranched alkanes of at least 4 members (excludes halogenated alkanes) is 1. The number of carbonyl (C=O) groups is 1. The van der Waals surface area contributed by atoms with Crippen LogP contribution in [-0.4, -0.2) is 36.5 Å². The van der Waals surface area contributed by atoms with Gasteiger partial charge in [0.2, 0.25) is 5.91 Å². The molecule has 1 heterocycles. The van der Waals surface area contributed by atoms with E-state index >= 15 is 0 Å². The number of carbonyl (C=O) groups excluding carboxylic acids is 1. The Labute approximate surface area is 128 Å². The van der Waals surface area contributed by atoms with E-state index in [0.29, 0.717) is 18.4 Å². The van der Waals surface area contributed by atoms with Crippen LogP contribution in [0.25, 0.3) is 0 Å². The van der Waals surface area contributed by atoms with Crippen molar-refractivity contribution in [2.75, 3.05) is 19.6 Å². The summed E-state index contributed by atoms with van der Waals surface area (Å²) in [6.45, 7) is 5.07. The molecule has 1 N–H and O–H groups in total. The van der Waals surface area contributed by atoms with Crippen LogP contribution in [0.2, 0.25) is 0 Å². The highest BCUT2D eigenvalue weighted by Gasteiger charge is 2.20. The molecule has 1 atom stereocenters. The third kappa shape index (κ3) is 5.50. The fourth-order valence-electron chi connectivity index (χ4n) is 2.90. The Balaban J connectivity index is 1.83. The minimum absolute atomic E-state index is 0.306. The van der Waals surface area contributed by atoms with Crippen LogP contribution in [0.4, 0.5) is 0 Å². The zero-order valence-corrected chi connectivity index (χ0v) is 13.2. The third-order valence-corrected chi connectivity index (χ3v) is 4.21. The molecule has 1 aromatic rings. The molecule has 0 aromatic heterocycles. The van der Waals surface area contributed by atoms with Gasteiger partial charge in [0.05, 0.1) is 0 Å². The van der Waals surface area contributed by atoms with E-state index in [4.69, 9.17) is 0 Å². The van der Waals surface area contributed by atoms with Gasteiger partial charge in [-0.1, -0.05) is 43.7 Å². The number of rotatable bonds is 8. The second kappa shape index (κ2) is 8.83. The molecule has 0 radical (unpaired) electrons. The lowest BCUT2D eigenvalue weighted by atomic mass is 10.1. The van der Waals surface area contributed by atoms with E-state index in [2.05, 4.69) is 29.3 Å². The van der Waals surface area contributed by atoms with Gasteiger partial charge >= 0.3 is 0 Å². The van der Waals surface area contributed by atoms with E-state index in [0.717, 1.165) is 38.9 Å². The van der Waals surface area contributed by atoms with Gasteiger partial charge in [-0.2, -0.15) is 0 Å². The SMILES string of the molecule is CCCCN(CC1CCCN1)C(=O)CCc1ccccc1. The van der Waals surface area contributed by atoms with Gasteiger partial charge in [0.1, 0.15) is 0 Å². The smallest absolute Gasteiger partial charge is 0.222 e. The Morgan fingerprint density at radius 3 is 2.81 bits per heavy atom. The third-order valence-electron chi connectivity index (χ3n) is 4.21. The number of amides is 1. The summed E-state index contributed by atoms with van der Waals surface area (Å²) >= 11 is 0. The Bertz CT molecular complexity index is 412. The standard InChI is InChI=1S/C18H28N2O/c1-2-3-14-20(15-17-10-7-13-19-17)18(21)12-11-16-8-5-4-6-9-16/h4-6,8-9,17,19H,2-3,7,10-15H2,1H3. The molecule has 1 amide bonds. The van der Waals surface area contributed by atoms with E-state index in [1.807, 2.05) is 18.2 Å². The number of hydrogen-bond donors (Lipinski definition) is 1. The Morgan fingerprint density at radius 2 is 2.14 bits per heavy atom. The highest BCUT2D eigenvalue weighted by molar-refractivity contribution is 5.76. The van der Waals surface area contributed by atoms with Crippen molar-refractivity contribution in [3.05, 3.63) is 35.9 Å². The van der Waals surface area contributed by atoms with Crippen LogP contribution >= 0.6 is 0 Å². The summed E-state index contributed by atoms with van der Waals surface area (Å²) in [5.74, 6) is 0.306. The van der Waals surface area contributed by atoms with Gasteiger partial charge in [-0.25, -0.2) is 0 Å². The van der Waals surface area contributed by atoms with Crippen LogP contribution in [0.5, 0.6) is 0 Å². The van der Waals surface area contributed by atoms with Gasteiger partial charge in [-0.05, 0) is 37.8 Å². The molecule has 1 fully saturated rings. The predicted octanol–water partition coefficient (Wildman–Crippen LogP) is 3.00. The van der Waals surface area contributed by atoms with Crippen molar-refractivity contribution < 1.29 is 4.79 Å². The molecular weight excluding hydrogens is 260 g/mol. The Kier molecular flexibility index (Phi) is 6.74. The number of benzene rings is 1. The minimum Gasteiger partial charge on any atom is -0.341 e. The van der Waals surface area contributed by atoms with Crippen molar-refractivity contribution in [3.63, 3.8) is 0 Å². The topological polar surface area (TPSA) is 32.3 Å². The molecule has 2 rings (SSSR count). The first-order valence-corrected chi connectivity index (χ1v) is 8.34. The van der Waals surface area contributed by atoms with E-state index in [1.54, 1.807) is 0 Å². The first kappa shape index (κ1) is 16.0. The monoisotopic (exact) mass is 288 g/mol. The fraction of sp³-hybridized carbons (Fsp3) is 0.611. The number of nitrogens with one attached hydrogen (secondary N) is 1. The van der Waals surface area contributed by atoms with Gasteiger partial charge < -0.3 is 10.2 Å². The van der Waals surface area contributed by atoms with Crippen LogP contribution in [0, 0.1) is 0 Å². The van der Waals surface area contributed by atoms with E-state index in [9.17, 15) is 4.79 Å². The van der Waals surface area contributed by atoms with Gasteiger partial charge in [-0.3, -0.25) is 4.79 Å². The molecule has 0 aliphatic carbocycles. The largest absolute Gasteiger partial charge is 0.341 e. The van der Waals surface area contributed by atoms with Crippen molar-refractivity contribution in [2.45, 2.75) is 51.5 Å². The molecule has 1 saturated heterocycles. The van der Waals surface area contributed by atoms with Crippen LogP contribution in [-0.2, 0) is 11.2 Å². The Morgan fingerprint density at radius 1 is 1.33 bits per heavy atom. The summed E-state index contributed by atoms with van der Waals surface area (Å²) in [4.78, 5) is 14.6. The second-order valence-corrected chi connectivity index (χ2v) is 5.97. The zero-order valence-electron chi connectivity index (χ0n) is 13.2. The van der Waals surface area contributed by atoms with Crippen LogP contribution in [0.3, 0.4) is 0 Å². The quantitative estimate of drug-likeness (QED) is 0.797. The normalized spacial score (nSPS) is 17.9. The lowest BCUT2D eigenvalue weighted by Gasteiger charge is -2.26. The average molecular weight is 288 g/mol. The average Bonchev–Trinajstić information content (AvgIpc) is 3.03. The Hall–Kier alpha value is -1.35. The molecule has 1 aromatic carbocycles. The van der Waals surface area contributed by atoms with Gasteiger partial charge in [0.15, 0.2) is 0 Å². The van der Waals surface area contributed by atoms with Gasteiger partial charge in [-0.15, -0.1) is 0 Å². The summed E-state index contributed by atoms with van der Waals surface area (Å²) in [5, 5.41) is 3.50. The van der Waals surface area contributed by atoms with Crippen LogP contribution < -0.4 is 5.32 Å². The molecule has 3 heteroatoms. The molecule has 116 valence electrons.